The number of amides is 1. The predicted octanol–water partition coefficient (Wildman–Crippen LogP) is 3.32. The Kier molecular flexibility index (Phi) is 4.75. The molecule has 2 N–H and O–H groups in total. The second-order valence-electron chi connectivity index (χ2n) is 4.98. The van der Waals surface area contributed by atoms with Crippen molar-refractivity contribution in [3.63, 3.8) is 0 Å². The van der Waals surface area contributed by atoms with E-state index in [0.717, 1.165) is 11.3 Å². The number of halogens is 1. The highest BCUT2D eigenvalue weighted by molar-refractivity contribution is 6.30. The smallest absolute Gasteiger partial charge is 0.270 e. The SMILES string of the molecule is Cc1ccc(Cl)cc1Nc1nccc(C(=O)NC(C)C)n1. The molecular weight excluding hydrogens is 288 g/mol. The van der Waals surface area contributed by atoms with Gasteiger partial charge in [0.25, 0.3) is 5.91 Å². The van der Waals surface area contributed by atoms with Gasteiger partial charge in [-0.25, -0.2) is 9.97 Å². The van der Waals surface area contributed by atoms with Crippen LogP contribution >= 0.6 is 11.6 Å². The molecule has 0 atom stereocenters. The molecule has 0 aliphatic carbocycles. The maximum Gasteiger partial charge on any atom is 0.270 e. The number of rotatable bonds is 4. The zero-order valence-corrected chi connectivity index (χ0v) is 12.9. The van der Waals surface area contributed by atoms with Gasteiger partial charge in [-0.1, -0.05) is 17.7 Å². The van der Waals surface area contributed by atoms with Crippen LogP contribution in [0.25, 0.3) is 0 Å². The lowest BCUT2D eigenvalue weighted by molar-refractivity contribution is 0.0938. The summed E-state index contributed by atoms with van der Waals surface area (Å²) in [5.41, 5.74) is 2.14. The first-order valence-electron chi connectivity index (χ1n) is 6.63. The molecule has 0 bridgehead atoms. The van der Waals surface area contributed by atoms with Gasteiger partial charge < -0.3 is 10.6 Å². The lowest BCUT2D eigenvalue weighted by Gasteiger charge is -2.10. The molecule has 0 radical (unpaired) electrons. The summed E-state index contributed by atoms with van der Waals surface area (Å²) in [6.45, 7) is 5.75. The number of aryl methyl sites for hydroxylation is 1. The molecule has 1 heterocycles. The zero-order chi connectivity index (χ0) is 15.4. The van der Waals surface area contributed by atoms with Gasteiger partial charge in [0.15, 0.2) is 0 Å². The Morgan fingerprint density at radius 1 is 1.29 bits per heavy atom. The van der Waals surface area contributed by atoms with E-state index >= 15 is 0 Å². The molecule has 0 saturated carbocycles. The number of benzene rings is 1. The van der Waals surface area contributed by atoms with E-state index in [2.05, 4.69) is 20.6 Å². The van der Waals surface area contributed by atoms with Crippen molar-refractivity contribution in [3.8, 4) is 0 Å². The minimum atomic E-state index is -0.224. The molecule has 0 saturated heterocycles. The van der Waals surface area contributed by atoms with Crippen molar-refractivity contribution in [1.29, 1.82) is 0 Å². The van der Waals surface area contributed by atoms with Crippen LogP contribution in [0.3, 0.4) is 0 Å². The molecule has 5 nitrogen and oxygen atoms in total. The van der Waals surface area contributed by atoms with Crippen molar-refractivity contribution in [2.75, 3.05) is 5.32 Å². The van der Waals surface area contributed by atoms with E-state index in [1.54, 1.807) is 18.3 Å². The molecule has 1 aromatic carbocycles. The highest BCUT2D eigenvalue weighted by Crippen LogP contribution is 2.22. The van der Waals surface area contributed by atoms with Crippen LogP contribution in [0, 0.1) is 6.92 Å². The van der Waals surface area contributed by atoms with Crippen LogP contribution in [-0.2, 0) is 0 Å². The molecule has 0 fully saturated rings. The molecule has 0 aliphatic rings. The van der Waals surface area contributed by atoms with Crippen LogP contribution in [0.5, 0.6) is 0 Å². The lowest BCUT2D eigenvalue weighted by atomic mass is 10.2. The number of aromatic nitrogens is 2. The van der Waals surface area contributed by atoms with E-state index in [0.29, 0.717) is 16.7 Å². The van der Waals surface area contributed by atoms with E-state index in [1.807, 2.05) is 32.9 Å². The number of hydrogen-bond donors (Lipinski definition) is 2. The molecule has 21 heavy (non-hydrogen) atoms. The minimum absolute atomic E-state index is 0.0547. The molecule has 2 rings (SSSR count). The molecule has 0 aliphatic heterocycles. The first kappa shape index (κ1) is 15.3. The van der Waals surface area contributed by atoms with Crippen LogP contribution in [0.2, 0.25) is 5.02 Å². The molecule has 0 unspecified atom stereocenters. The predicted molar refractivity (Wildman–Crippen MR) is 84.1 cm³/mol. The molecular formula is C15H17ClN4O. The first-order valence-corrected chi connectivity index (χ1v) is 7.00. The average molecular weight is 305 g/mol. The number of carbonyl (C=O) groups excluding carboxylic acids is 1. The van der Waals surface area contributed by atoms with Gasteiger partial charge in [0, 0.05) is 22.9 Å². The van der Waals surface area contributed by atoms with Crippen molar-refractivity contribution in [2.45, 2.75) is 26.8 Å². The second-order valence-corrected chi connectivity index (χ2v) is 5.41. The fraction of sp³-hybridized carbons (Fsp3) is 0.267. The number of anilines is 2. The zero-order valence-electron chi connectivity index (χ0n) is 12.1. The van der Waals surface area contributed by atoms with Gasteiger partial charge in [-0.15, -0.1) is 0 Å². The number of nitrogens with one attached hydrogen (secondary N) is 2. The maximum atomic E-state index is 11.9. The monoisotopic (exact) mass is 304 g/mol. The Bertz CT molecular complexity index is 658. The van der Waals surface area contributed by atoms with E-state index < -0.39 is 0 Å². The van der Waals surface area contributed by atoms with Gasteiger partial charge in [0.05, 0.1) is 0 Å². The first-order chi connectivity index (χ1) is 9.95. The summed E-state index contributed by atoms with van der Waals surface area (Å²) < 4.78 is 0. The number of nitrogens with zero attached hydrogens (tertiary/aromatic N) is 2. The van der Waals surface area contributed by atoms with Crippen LogP contribution in [0.15, 0.2) is 30.5 Å². The van der Waals surface area contributed by atoms with Gasteiger partial charge in [0.2, 0.25) is 5.95 Å². The molecule has 0 spiro atoms. The average Bonchev–Trinajstić information content (AvgIpc) is 2.42. The van der Waals surface area contributed by atoms with E-state index in [9.17, 15) is 4.79 Å². The van der Waals surface area contributed by atoms with Crippen LogP contribution in [0.4, 0.5) is 11.6 Å². The van der Waals surface area contributed by atoms with Gasteiger partial charge in [-0.05, 0) is 44.5 Å². The summed E-state index contributed by atoms with van der Waals surface area (Å²) in [6, 6.07) is 7.14. The topological polar surface area (TPSA) is 66.9 Å². The summed E-state index contributed by atoms with van der Waals surface area (Å²) >= 11 is 5.98. The van der Waals surface area contributed by atoms with Crippen molar-refractivity contribution in [1.82, 2.24) is 15.3 Å². The van der Waals surface area contributed by atoms with E-state index in [-0.39, 0.29) is 11.9 Å². The molecule has 1 amide bonds. The highest BCUT2D eigenvalue weighted by atomic mass is 35.5. The number of hydrogen-bond acceptors (Lipinski definition) is 4. The van der Waals surface area contributed by atoms with Gasteiger partial charge >= 0.3 is 0 Å². The summed E-state index contributed by atoms with van der Waals surface area (Å²) in [5.74, 6) is 0.134. The molecule has 2 aromatic rings. The Morgan fingerprint density at radius 3 is 2.76 bits per heavy atom. The molecule has 110 valence electrons. The summed E-state index contributed by atoms with van der Waals surface area (Å²) in [5, 5.41) is 6.49. The third-order valence-electron chi connectivity index (χ3n) is 2.75. The summed E-state index contributed by atoms with van der Waals surface area (Å²) in [7, 11) is 0. The van der Waals surface area contributed by atoms with Crippen LogP contribution in [0.1, 0.15) is 29.9 Å². The van der Waals surface area contributed by atoms with Gasteiger partial charge in [-0.3, -0.25) is 4.79 Å². The van der Waals surface area contributed by atoms with Gasteiger partial charge in [0.1, 0.15) is 5.69 Å². The maximum absolute atomic E-state index is 11.9. The largest absolute Gasteiger partial charge is 0.349 e. The second kappa shape index (κ2) is 6.54. The van der Waals surface area contributed by atoms with Crippen molar-refractivity contribution in [2.24, 2.45) is 0 Å². The summed E-state index contributed by atoms with van der Waals surface area (Å²) in [4.78, 5) is 20.3. The minimum Gasteiger partial charge on any atom is -0.349 e. The quantitative estimate of drug-likeness (QED) is 0.909. The molecule has 6 heteroatoms. The highest BCUT2D eigenvalue weighted by Gasteiger charge is 2.10. The standard InChI is InChI=1S/C15H17ClN4O/c1-9(2)18-14(21)12-6-7-17-15(19-12)20-13-8-11(16)5-4-10(13)3/h4-9H,1-3H3,(H,18,21)(H,17,19,20). The van der Waals surface area contributed by atoms with Crippen LogP contribution in [-0.4, -0.2) is 21.9 Å². The Balaban J connectivity index is 2.21. The molecule has 1 aromatic heterocycles. The van der Waals surface area contributed by atoms with Crippen molar-refractivity contribution >= 4 is 29.1 Å². The lowest BCUT2D eigenvalue weighted by Crippen LogP contribution is -2.30. The Hall–Kier alpha value is -2.14. The van der Waals surface area contributed by atoms with Crippen molar-refractivity contribution < 1.29 is 4.79 Å². The summed E-state index contributed by atoms with van der Waals surface area (Å²) in [6.07, 6.45) is 1.55. The van der Waals surface area contributed by atoms with Gasteiger partial charge in [-0.2, -0.15) is 0 Å². The van der Waals surface area contributed by atoms with E-state index in [4.69, 9.17) is 11.6 Å². The van der Waals surface area contributed by atoms with Crippen LogP contribution < -0.4 is 10.6 Å². The third-order valence-corrected chi connectivity index (χ3v) is 2.99. The fourth-order valence-electron chi connectivity index (χ4n) is 1.73. The van der Waals surface area contributed by atoms with E-state index in [1.165, 1.54) is 0 Å². The Labute approximate surface area is 128 Å². The third kappa shape index (κ3) is 4.16. The van der Waals surface area contributed by atoms with Crippen molar-refractivity contribution in [3.05, 3.63) is 46.7 Å². The fourth-order valence-corrected chi connectivity index (χ4v) is 1.90. The Morgan fingerprint density at radius 2 is 2.05 bits per heavy atom. The normalized spacial score (nSPS) is 10.5. The number of carbonyl (C=O) groups is 1.